The quantitative estimate of drug-likeness (QED) is 0.509. The number of nitrogens with zero attached hydrogens (tertiary/aromatic N) is 4. The standard InChI is InChI=1S/C18H15ClN4O3/c1-11-14-3-2-4-17(23(25)26)15(14)7-8-21(11)18(24)16-9-13-6-5-12(19)10-22(13)20-16/h2-6,9-11H,7-8H2,1H3. The van der Waals surface area contributed by atoms with Crippen molar-refractivity contribution < 1.29 is 9.72 Å². The minimum atomic E-state index is -0.366. The van der Waals surface area contributed by atoms with Crippen LogP contribution in [0.5, 0.6) is 0 Å². The van der Waals surface area contributed by atoms with Gasteiger partial charge in [-0.2, -0.15) is 5.10 Å². The highest BCUT2D eigenvalue weighted by Crippen LogP contribution is 2.35. The van der Waals surface area contributed by atoms with Gasteiger partial charge in [-0.15, -0.1) is 0 Å². The Kier molecular flexibility index (Phi) is 3.88. The molecular formula is C18H15ClN4O3. The van der Waals surface area contributed by atoms with E-state index in [1.165, 1.54) is 6.07 Å². The van der Waals surface area contributed by atoms with E-state index < -0.39 is 0 Å². The molecule has 1 unspecified atom stereocenters. The van der Waals surface area contributed by atoms with Crippen LogP contribution in [0.1, 0.15) is 34.6 Å². The molecule has 0 N–H and O–H groups in total. The van der Waals surface area contributed by atoms with Crippen molar-refractivity contribution in [2.24, 2.45) is 0 Å². The minimum Gasteiger partial charge on any atom is -0.330 e. The highest BCUT2D eigenvalue weighted by Gasteiger charge is 2.32. The van der Waals surface area contributed by atoms with Crippen LogP contribution in [0.25, 0.3) is 5.52 Å². The maximum atomic E-state index is 13.0. The van der Waals surface area contributed by atoms with Gasteiger partial charge in [0.25, 0.3) is 11.6 Å². The number of rotatable bonds is 2. The molecule has 1 atom stereocenters. The van der Waals surface area contributed by atoms with E-state index in [0.717, 1.165) is 11.1 Å². The highest BCUT2D eigenvalue weighted by atomic mass is 35.5. The summed E-state index contributed by atoms with van der Waals surface area (Å²) in [5.74, 6) is -0.200. The topological polar surface area (TPSA) is 80.8 Å². The molecule has 0 spiro atoms. The summed E-state index contributed by atoms with van der Waals surface area (Å²) in [5, 5.41) is 16.1. The lowest BCUT2D eigenvalue weighted by atomic mass is 9.92. The van der Waals surface area contributed by atoms with Gasteiger partial charge in [0.15, 0.2) is 5.69 Å². The van der Waals surface area contributed by atoms with Crippen molar-refractivity contribution in [2.45, 2.75) is 19.4 Å². The Labute approximate surface area is 153 Å². The lowest BCUT2D eigenvalue weighted by Gasteiger charge is -2.34. The summed E-state index contributed by atoms with van der Waals surface area (Å²) in [5.41, 5.74) is 2.73. The fourth-order valence-corrected chi connectivity index (χ4v) is 3.67. The van der Waals surface area contributed by atoms with E-state index in [-0.39, 0.29) is 22.6 Å². The van der Waals surface area contributed by atoms with E-state index in [0.29, 0.717) is 29.2 Å². The van der Waals surface area contributed by atoms with E-state index in [1.807, 2.05) is 13.0 Å². The number of carbonyl (C=O) groups excluding carboxylic acids is 1. The van der Waals surface area contributed by atoms with Crippen LogP contribution in [0.15, 0.2) is 42.6 Å². The van der Waals surface area contributed by atoms with Gasteiger partial charge in [-0.25, -0.2) is 4.52 Å². The first-order valence-corrected chi connectivity index (χ1v) is 8.55. The highest BCUT2D eigenvalue weighted by molar-refractivity contribution is 6.30. The van der Waals surface area contributed by atoms with Gasteiger partial charge in [0.05, 0.1) is 21.5 Å². The van der Waals surface area contributed by atoms with Gasteiger partial charge in [0.1, 0.15) is 0 Å². The summed E-state index contributed by atoms with van der Waals surface area (Å²) < 4.78 is 1.57. The van der Waals surface area contributed by atoms with Crippen LogP contribution in [0.2, 0.25) is 5.02 Å². The Morgan fingerprint density at radius 2 is 2.15 bits per heavy atom. The number of fused-ring (bicyclic) bond motifs is 2. The SMILES string of the molecule is CC1c2cccc([N+](=O)[O-])c2CCN1C(=O)c1cc2ccc(Cl)cn2n1. The molecule has 1 aromatic carbocycles. The molecule has 0 saturated carbocycles. The van der Waals surface area contributed by atoms with Crippen molar-refractivity contribution in [3.05, 3.63) is 74.6 Å². The summed E-state index contributed by atoms with van der Waals surface area (Å²) in [6.07, 6.45) is 2.09. The molecular weight excluding hydrogens is 356 g/mol. The van der Waals surface area contributed by atoms with Gasteiger partial charge in [-0.05, 0) is 37.1 Å². The van der Waals surface area contributed by atoms with Crippen LogP contribution in [-0.2, 0) is 6.42 Å². The van der Waals surface area contributed by atoms with Gasteiger partial charge in [-0.1, -0.05) is 23.7 Å². The van der Waals surface area contributed by atoms with Crippen LogP contribution in [0, 0.1) is 10.1 Å². The molecule has 0 fully saturated rings. The van der Waals surface area contributed by atoms with E-state index >= 15 is 0 Å². The van der Waals surface area contributed by atoms with Crippen molar-refractivity contribution in [1.29, 1.82) is 0 Å². The second-order valence-electron chi connectivity index (χ2n) is 6.27. The van der Waals surface area contributed by atoms with Gasteiger partial charge >= 0.3 is 0 Å². The number of nitro benzene ring substituents is 1. The summed E-state index contributed by atoms with van der Waals surface area (Å²) in [6, 6.07) is 10.0. The van der Waals surface area contributed by atoms with Gasteiger partial charge in [0, 0.05) is 24.4 Å². The van der Waals surface area contributed by atoms with Crippen molar-refractivity contribution in [3.8, 4) is 0 Å². The zero-order chi connectivity index (χ0) is 18.4. The number of aromatic nitrogens is 2. The van der Waals surface area contributed by atoms with E-state index in [4.69, 9.17) is 11.6 Å². The first-order chi connectivity index (χ1) is 12.5. The molecule has 1 amide bonds. The van der Waals surface area contributed by atoms with Crippen LogP contribution in [0.3, 0.4) is 0 Å². The van der Waals surface area contributed by atoms with Crippen LogP contribution in [-0.4, -0.2) is 31.9 Å². The third-order valence-corrected chi connectivity index (χ3v) is 5.03. The second-order valence-corrected chi connectivity index (χ2v) is 6.71. The number of hydrogen-bond acceptors (Lipinski definition) is 4. The minimum absolute atomic E-state index is 0.115. The van der Waals surface area contributed by atoms with E-state index in [1.54, 1.807) is 39.9 Å². The number of amides is 1. The number of pyridine rings is 1. The van der Waals surface area contributed by atoms with Gasteiger partial charge in [-0.3, -0.25) is 14.9 Å². The maximum Gasteiger partial charge on any atom is 0.274 e. The van der Waals surface area contributed by atoms with Crippen molar-refractivity contribution in [2.75, 3.05) is 6.54 Å². The fourth-order valence-electron chi connectivity index (χ4n) is 3.51. The number of benzene rings is 1. The lowest BCUT2D eigenvalue weighted by molar-refractivity contribution is -0.385. The molecule has 1 aliphatic rings. The predicted molar refractivity (Wildman–Crippen MR) is 96.5 cm³/mol. The van der Waals surface area contributed by atoms with E-state index in [2.05, 4.69) is 5.10 Å². The third kappa shape index (κ3) is 2.61. The molecule has 2 aromatic heterocycles. The Morgan fingerprint density at radius 3 is 2.92 bits per heavy atom. The zero-order valence-electron chi connectivity index (χ0n) is 13.9. The molecule has 8 heteroatoms. The molecule has 4 rings (SSSR count). The number of nitro groups is 1. The van der Waals surface area contributed by atoms with Crippen molar-refractivity contribution in [3.63, 3.8) is 0 Å². The molecule has 0 aliphatic carbocycles. The predicted octanol–water partition coefficient (Wildman–Crippen LogP) is 3.66. The molecule has 0 saturated heterocycles. The van der Waals surface area contributed by atoms with Crippen LogP contribution >= 0.6 is 11.6 Å². The first-order valence-electron chi connectivity index (χ1n) is 8.18. The van der Waals surface area contributed by atoms with Gasteiger partial charge in [0.2, 0.25) is 0 Å². The summed E-state index contributed by atoms with van der Waals surface area (Å²) >= 11 is 5.96. The molecule has 3 heterocycles. The molecule has 132 valence electrons. The molecule has 26 heavy (non-hydrogen) atoms. The largest absolute Gasteiger partial charge is 0.330 e. The smallest absolute Gasteiger partial charge is 0.274 e. The third-order valence-electron chi connectivity index (χ3n) is 4.81. The molecule has 3 aromatic rings. The Balaban J connectivity index is 1.69. The number of halogens is 1. The second kappa shape index (κ2) is 6.10. The fraction of sp³-hybridized carbons (Fsp3) is 0.222. The molecule has 1 aliphatic heterocycles. The number of carbonyl (C=O) groups is 1. The van der Waals surface area contributed by atoms with Crippen molar-refractivity contribution in [1.82, 2.24) is 14.5 Å². The Morgan fingerprint density at radius 1 is 1.35 bits per heavy atom. The van der Waals surface area contributed by atoms with Crippen LogP contribution in [0.4, 0.5) is 5.69 Å². The molecule has 0 bridgehead atoms. The van der Waals surface area contributed by atoms with E-state index in [9.17, 15) is 14.9 Å². The number of hydrogen-bond donors (Lipinski definition) is 0. The Bertz CT molecular complexity index is 1050. The summed E-state index contributed by atoms with van der Waals surface area (Å²) in [7, 11) is 0. The average Bonchev–Trinajstić information content (AvgIpc) is 3.04. The molecule has 0 radical (unpaired) electrons. The van der Waals surface area contributed by atoms with Crippen molar-refractivity contribution >= 4 is 28.7 Å². The average molecular weight is 371 g/mol. The normalized spacial score (nSPS) is 16.5. The van der Waals surface area contributed by atoms with Gasteiger partial charge < -0.3 is 4.90 Å². The summed E-state index contributed by atoms with van der Waals surface area (Å²) in [6.45, 7) is 2.29. The summed E-state index contributed by atoms with van der Waals surface area (Å²) in [4.78, 5) is 25.6. The first kappa shape index (κ1) is 16.5. The monoisotopic (exact) mass is 370 g/mol. The zero-order valence-corrected chi connectivity index (χ0v) is 14.7. The lowest BCUT2D eigenvalue weighted by Crippen LogP contribution is -2.39. The molecule has 7 nitrogen and oxygen atoms in total. The maximum absolute atomic E-state index is 13.0. The Hall–Kier alpha value is -2.93. The van der Waals surface area contributed by atoms with Crippen LogP contribution < -0.4 is 0 Å².